The van der Waals surface area contributed by atoms with E-state index < -0.39 is 0 Å². The van der Waals surface area contributed by atoms with E-state index in [2.05, 4.69) is 21.8 Å². The van der Waals surface area contributed by atoms with Gasteiger partial charge in [-0.25, -0.2) is 4.98 Å². The van der Waals surface area contributed by atoms with Crippen LogP contribution < -0.4 is 24.3 Å². The van der Waals surface area contributed by atoms with Crippen molar-refractivity contribution in [2.24, 2.45) is 0 Å². The Morgan fingerprint density at radius 2 is 1.78 bits per heavy atom. The first kappa shape index (κ1) is 20.6. The highest BCUT2D eigenvalue weighted by atomic mass is 32.2. The van der Waals surface area contributed by atoms with E-state index in [0.29, 0.717) is 30.4 Å². The molecule has 2 aliphatic heterocycles. The van der Waals surface area contributed by atoms with E-state index >= 15 is 0 Å². The monoisotopic (exact) mass is 453 g/mol. The van der Waals surface area contributed by atoms with Gasteiger partial charge in [0.2, 0.25) is 12.7 Å². The van der Waals surface area contributed by atoms with Crippen LogP contribution in [0.15, 0.2) is 47.8 Å². The number of hydrogen-bond acceptors (Lipinski definition) is 7. The summed E-state index contributed by atoms with van der Waals surface area (Å²) in [6, 6.07) is 11.3. The van der Waals surface area contributed by atoms with E-state index in [0.717, 1.165) is 34.5 Å². The number of thioether (sulfide) groups is 1. The normalized spacial score (nSPS) is 14.8. The van der Waals surface area contributed by atoms with E-state index in [-0.39, 0.29) is 18.0 Å². The minimum atomic E-state index is -0.346. The van der Waals surface area contributed by atoms with Crippen molar-refractivity contribution < 1.29 is 23.7 Å². The fraction of sp³-hybridized carbons (Fsp3) is 0.304. The average molecular weight is 454 g/mol. The Balaban J connectivity index is 1.31. The van der Waals surface area contributed by atoms with Crippen LogP contribution in [0.5, 0.6) is 23.0 Å². The van der Waals surface area contributed by atoms with Crippen molar-refractivity contribution in [2.45, 2.75) is 30.8 Å². The van der Waals surface area contributed by atoms with E-state index in [1.165, 1.54) is 11.8 Å². The van der Waals surface area contributed by atoms with Gasteiger partial charge in [0, 0.05) is 23.9 Å². The van der Waals surface area contributed by atoms with Gasteiger partial charge in [-0.1, -0.05) is 11.8 Å². The quantitative estimate of drug-likeness (QED) is 0.560. The largest absolute Gasteiger partial charge is 0.486 e. The molecule has 1 N–H and O–H groups in total. The fourth-order valence-electron chi connectivity index (χ4n) is 3.62. The number of nitrogens with zero attached hydrogens (tertiary/aromatic N) is 2. The summed E-state index contributed by atoms with van der Waals surface area (Å²) in [4.78, 5) is 17.4. The van der Waals surface area contributed by atoms with Gasteiger partial charge in [0.15, 0.2) is 28.2 Å². The van der Waals surface area contributed by atoms with Gasteiger partial charge in [0.1, 0.15) is 13.2 Å². The Morgan fingerprint density at radius 3 is 2.62 bits per heavy atom. The SMILES string of the molecule is CCn1c(-c2ccc3c(c2)OCCO3)cnc1SC(C)C(=O)Nc1ccc2c(c1)OCO2. The Bertz CT molecular complexity index is 1160. The number of anilines is 1. The molecule has 0 saturated carbocycles. The third kappa shape index (κ3) is 3.95. The Labute approximate surface area is 189 Å². The number of carbonyl (C=O) groups excluding carboxylic acids is 1. The molecule has 1 atom stereocenters. The van der Waals surface area contributed by atoms with Gasteiger partial charge < -0.3 is 28.8 Å². The van der Waals surface area contributed by atoms with Crippen molar-refractivity contribution in [3.63, 3.8) is 0 Å². The van der Waals surface area contributed by atoms with Gasteiger partial charge in [-0.3, -0.25) is 4.79 Å². The number of ether oxygens (including phenoxy) is 4. The van der Waals surface area contributed by atoms with Crippen LogP contribution in [0.25, 0.3) is 11.3 Å². The van der Waals surface area contributed by atoms with Gasteiger partial charge >= 0.3 is 0 Å². The predicted octanol–water partition coefficient (Wildman–Crippen LogP) is 4.19. The topological polar surface area (TPSA) is 83.8 Å². The first-order chi connectivity index (χ1) is 15.6. The zero-order chi connectivity index (χ0) is 22.1. The molecule has 2 aliphatic rings. The lowest BCUT2D eigenvalue weighted by atomic mass is 10.1. The fourth-order valence-corrected chi connectivity index (χ4v) is 4.57. The highest BCUT2D eigenvalue weighted by Gasteiger charge is 2.21. The molecule has 5 rings (SSSR count). The Morgan fingerprint density at radius 1 is 1.06 bits per heavy atom. The lowest BCUT2D eigenvalue weighted by molar-refractivity contribution is -0.115. The van der Waals surface area contributed by atoms with E-state index in [9.17, 15) is 4.79 Å². The van der Waals surface area contributed by atoms with Gasteiger partial charge in [-0.15, -0.1) is 0 Å². The summed E-state index contributed by atoms with van der Waals surface area (Å²) in [5.41, 5.74) is 2.63. The van der Waals surface area contributed by atoms with Crippen LogP contribution in [0.3, 0.4) is 0 Å². The second-order valence-electron chi connectivity index (χ2n) is 7.35. The molecule has 3 heterocycles. The summed E-state index contributed by atoms with van der Waals surface area (Å²) in [6.45, 7) is 5.95. The molecule has 32 heavy (non-hydrogen) atoms. The number of benzene rings is 2. The molecule has 0 aliphatic carbocycles. The van der Waals surface area contributed by atoms with E-state index in [1.807, 2.05) is 31.3 Å². The molecule has 8 nitrogen and oxygen atoms in total. The number of amides is 1. The zero-order valence-corrected chi connectivity index (χ0v) is 18.6. The first-order valence-electron chi connectivity index (χ1n) is 10.4. The molecule has 9 heteroatoms. The molecule has 1 aromatic heterocycles. The molecule has 166 valence electrons. The number of nitrogens with one attached hydrogen (secondary N) is 1. The third-order valence-corrected chi connectivity index (χ3v) is 6.37. The maximum absolute atomic E-state index is 12.8. The third-order valence-electron chi connectivity index (χ3n) is 5.26. The van der Waals surface area contributed by atoms with Gasteiger partial charge in [-0.05, 0) is 44.2 Å². The van der Waals surface area contributed by atoms with Gasteiger partial charge in [-0.2, -0.15) is 0 Å². The second-order valence-corrected chi connectivity index (χ2v) is 8.65. The molecular weight excluding hydrogens is 430 g/mol. The van der Waals surface area contributed by atoms with Crippen LogP contribution in [0.2, 0.25) is 0 Å². The lowest BCUT2D eigenvalue weighted by Crippen LogP contribution is -2.23. The van der Waals surface area contributed by atoms with Crippen LogP contribution in [0, 0.1) is 0 Å². The minimum absolute atomic E-state index is 0.111. The number of imidazole rings is 1. The molecule has 3 aromatic rings. The molecule has 0 bridgehead atoms. The number of rotatable bonds is 6. The molecule has 1 amide bonds. The van der Waals surface area contributed by atoms with Crippen molar-refractivity contribution in [3.05, 3.63) is 42.6 Å². The summed E-state index contributed by atoms with van der Waals surface area (Å²) in [6.07, 6.45) is 1.83. The van der Waals surface area contributed by atoms with Crippen LogP contribution in [-0.2, 0) is 11.3 Å². The first-order valence-corrected chi connectivity index (χ1v) is 11.3. The highest BCUT2D eigenvalue weighted by Crippen LogP contribution is 2.37. The molecule has 2 aromatic carbocycles. The van der Waals surface area contributed by atoms with Crippen molar-refractivity contribution >= 4 is 23.4 Å². The lowest BCUT2D eigenvalue weighted by Gasteiger charge is -2.19. The van der Waals surface area contributed by atoms with Crippen LogP contribution in [-0.4, -0.2) is 40.7 Å². The van der Waals surface area contributed by atoms with Crippen molar-refractivity contribution in [1.82, 2.24) is 9.55 Å². The minimum Gasteiger partial charge on any atom is -0.486 e. The summed E-state index contributed by atoms with van der Waals surface area (Å²) >= 11 is 1.42. The Hall–Kier alpha value is -3.33. The van der Waals surface area contributed by atoms with Crippen LogP contribution >= 0.6 is 11.8 Å². The zero-order valence-electron chi connectivity index (χ0n) is 17.8. The number of carbonyl (C=O) groups is 1. The summed E-state index contributed by atoms with van der Waals surface area (Å²) < 4.78 is 24.1. The maximum atomic E-state index is 12.8. The predicted molar refractivity (Wildman–Crippen MR) is 121 cm³/mol. The Kier molecular flexibility index (Phi) is 5.57. The standard InChI is InChI=1S/C23H23N3O5S/c1-3-26-17(15-4-6-18-20(10-15)29-9-8-28-18)12-24-23(26)32-14(2)22(27)25-16-5-7-19-21(11-16)31-13-30-19/h4-7,10-12,14H,3,8-9,13H2,1-2H3,(H,25,27). The van der Waals surface area contributed by atoms with Crippen molar-refractivity contribution in [3.8, 4) is 34.3 Å². The van der Waals surface area contributed by atoms with Crippen molar-refractivity contribution in [2.75, 3.05) is 25.3 Å². The smallest absolute Gasteiger partial charge is 0.237 e. The van der Waals surface area contributed by atoms with E-state index in [1.54, 1.807) is 18.2 Å². The van der Waals surface area contributed by atoms with Crippen molar-refractivity contribution in [1.29, 1.82) is 0 Å². The summed E-state index contributed by atoms with van der Waals surface area (Å²) in [5, 5.41) is 3.38. The summed E-state index contributed by atoms with van der Waals surface area (Å²) in [5.74, 6) is 2.70. The molecule has 0 saturated heterocycles. The van der Waals surface area contributed by atoms with Gasteiger partial charge in [0.05, 0.1) is 17.1 Å². The molecular formula is C23H23N3O5S. The molecule has 0 radical (unpaired) electrons. The highest BCUT2D eigenvalue weighted by molar-refractivity contribution is 8.00. The molecule has 1 unspecified atom stereocenters. The number of hydrogen-bond donors (Lipinski definition) is 1. The molecule has 0 spiro atoms. The molecule has 0 fully saturated rings. The number of aromatic nitrogens is 2. The summed E-state index contributed by atoms with van der Waals surface area (Å²) in [7, 11) is 0. The maximum Gasteiger partial charge on any atom is 0.237 e. The van der Waals surface area contributed by atoms with Crippen LogP contribution in [0.1, 0.15) is 13.8 Å². The second kappa shape index (κ2) is 8.66. The van der Waals surface area contributed by atoms with Gasteiger partial charge in [0.25, 0.3) is 0 Å². The van der Waals surface area contributed by atoms with Crippen LogP contribution in [0.4, 0.5) is 5.69 Å². The average Bonchev–Trinajstić information content (AvgIpc) is 3.45. The number of fused-ring (bicyclic) bond motifs is 2. The van der Waals surface area contributed by atoms with E-state index in [4.69, 9.17) is 18.9 Å².